The van der Waals surface area contributed by atoms with Gasteiger partial charge in [0.05, 0.1) is 22.1 Å². The molecule has 1 aromatic heterocycles. The Morgan fingerprint density at radius 3 is 3.11 bits per heavy atom. The van der Waals surface area contributed by atoms with E-state index in [4.69, 9.17) is 10.5 Å². The van der Waals surface area contributed by atoms with E-state index in [1.165, 1.54) is 6.07 Å². The van der Waals surface area contributed by atoms with Crippen molar-refractivity contribution in [3.05, 3.63) is 22.4 Å². The summed E-state index contributed by atoms with van der Waals surface area (Å²) in [7, 11) is 0. The Morgan fingerprint density at radius 2 is 2.39 bits per heavy atom. The molecular weight excluding hydrogens is 301 g/mol. The summed E-state index contributed by atoms with van der Waals surface area (Å²) in [5.74, 6) is 0.553. The molecule has 3 rings (SSSR count). The van der Waals surface area contributed by atoms with Gasteiger partial charge in [-0.25, -0.2) is 9.37 Å². The lowest BCUT2D eigenvalue weighted by atomic mass is 10.1. The number of nitrogen functional groups attached to an aromatic ring is 1. The largest absolute Gasteiger partial charge is 0.381 e. The van der Waals surface area contributed by atoms with Crippen LogP contribution in [0.4, 0.5) is 10.3 Å². The molecule has 1 atom stereocenters. The number of ether oxygens (including phenoxy) is 1. The lowest BCUT2D eigenvalue weighted by Gasteiger charge is -2.11. The van der Waals surface area contributed by atoms with Crippen LogP contribution in [0.1, 0.15) is 6.42 Å². The van der Waals surface area contributed by atoms with E-state index in [1.807, 2.05) is 4.57 Å². The highest BCUT2D eigenvalue weighted by atomic mass is 79.9. The Balaban J connectivity index is 2.04. The Bertz CT molecular complexity index is 593. The molecule has 6 heteroatoms. The van der Waals surface area contributed by atoms with Crippen molar-refractivity contribution < 1.29 is 9.13 Å². The van der Waals surface area contributed by atoms with E-state index in [-0.39, 0.29) is 5.82 Å². The fourth-order valence-electron chi connectivity index (χ4n) is 2.32. The molecule has 0 saturated carbocycles. The predicted molar refractivity (Wildman–Crippen MR) is 70.7 cm³/mol. The smallest absolute Gasteiger partial charge is 0.201 e. The average molecular weight is 314 g/mol. The predicted octanol–water partition coefficient (Wildman–Crippen LogP) is 2.56. The molecule has 1 unspecified atom stereocenters. The van der Waals surface area contributed by atoms with Gasteiger partial charge in [-0.2, -0.15) is 0 Å². The van der Waals surface area contributed by atoms with Crippen LogP contribution < -0.4 is 5.73 Å². The number of nitrogens with zero attached hydrogens (tertiary/aromatic N) is 2. The van der Waals surface area contributed by atoms with E-state index in [0.717, 1.165) is 31.7 Å². The first-order chi connectivity index (χ1) is 8.65. The zero-order valence-electron chi connectivity index (χ0n) is 9.70. The molecule has 4 nitrogen and oxygen atoms in total. The Morgan fingerprint density at radius 1 is 1.56 bits per heavy atom. The molecule has 1 saturated heterocycles. The highest BCUT2D eigenvalue weighted by Crippen LogP contribution is 2.27. The number of rotatable bonds is 2. The minimum Gasteiger partial charge on any atom is -0.381 e. The van der Waals surface area contributed by atoms with Crippen LogP contribution in [0.25, 0.3) is 11.0 Å². The second-order valence-corrected chi connectivity index (χ2v) is 5.42. The highest BCUT2D eigenvalue weighted by molar-refractivity contribution is 9.10. The zero-order chi connectivity index (χ0) is 12.7. The third-order valence-electron chi connectivity index (χ3n) is 3.28. The second kappa shape index (κ2) is 4.51. The molecule has 0 spiro atoms. The lowest BCUT2D eigenvalue weighted by molar-refractivity contribution is 0.183. The van der Waals surface area contributed by atoms with Crippen LogP contribution >= 0.6 is 15.9 Å². The number of hydrogen-bond acceptors (Lipinski definition) is 3. The van der Waals surface area contributed by atoms with E-state index in [0.29, 0.717) is 21.9 Å². The van der Waals surface area contributed by atoms with Crippen LogP contribution in [-0.2, 0) is 11.3 Å². The van der Waals surface area contributed by atoms with Crippen molar-refractivity contribution >= 4 is 32.9 Å². The minimum atomic E-state index is -0.300. The summed E-state index contributed by atoms with van der Waals surface area (Å²) in [5.41, 5.74) is 7.35. The van der Waals surface area contributed by atoms with Crippen molar-refractivity contribution in [2.45, 2.75) is 13.0 Å². The van der Waals surface area contributed by atoms with Crippen molar-refractivity contribution in [3.8, 4) is 0 Å². The Labute approximate surface area is 112 Å². The van der Waals surface area contributed by atoms with Gasteiger partial charge < -0.3 is 15.0 Å². The van der Waals surface area contributed by atoms with E-state index in [9.17, 15) is 4.39 Å². The molecular formula is C12H13BrFN3O. The topological polar surface area (TPSA) is 53.1 Å². The lowest BCUT2D eigenvalue weighted by Crippen LogP contribution is -2.12. The van der Waals surface area contributed by atoms with Gasteiger partial charge in [-0.05, 0) is 28.4 Å². The summed E-state index contributed by atoms with van der Waals surface area (Å²) in [5, 5.41) is 0. The molecule has 18 heavy (non-hydrogen) atoms. The quantitative estimate of drug-likeness (QED) is 0.927. The van der Waals surface area contributed by atoms with Gasteiger partial charge in [0.2, 0.25) is 5.95 Å². The molecule has 96 valence electrons. The maximum Gasteiger partial charge on any atom is 0.201 e. The molecule has 1 aliphatic heterocycles. The summed E-state index contributed by atoms with van der Waals surface area (Å²) >= 11 is 3.15. The third-order valence-corrected chi connectivity index (χ3v) is 3.89. The number of fused-ring (bicyclic) bond motifs is 1. The third kappa shape index (κ3) is 1.99. The van der Waals surface area contributed by atoms with Gasteiger partial charge in [0, 0.05) is 25.1 Å². The normalized spacial score (nSPS) is 19.8. The number of aromatic nitrogens is 2. The number of halogens is 2. The SMILES string of the molecule is Nc1nc2cc(Br)c(F)cc2n1CC1CCOC1. The van der Waals surface area contributed by atoms with Crippen molar-refractivity contribution in [1.29, 1.82) is 0 Å². The van der Waals surface area contributed by atoms with Crippen LogP contribution in [0, 0.1) is 11.7 Å². The maximum absolute atomic E-state index is 13.6. The van der Waals surface area contributed by atoms with E-state index in [1.54, 1.807) is 6.07 Å². The molecule has 1 fully saturated rings. The van der Waals surface area contributed by atoms with Crippen LogP contribution in [-0.4, -0.2) is 22.8 Å². The van der Waals surface area contributed by atoms with Gasteiger partial charge >= 0.3 is 0 Å². The number of hydrogen-bond donors (Lipinski definition) is 1. The fraction of sp³-hybridized carbons (Fsp3) is 0.417. The van der Waals surface area contributed by atoms with Gasteiger partial charge in [-0.15, -0.1) is 0 Å². The molecule has 0 amide bonds. The van der Waals surface area contributed by atoms with Crippen LogP contribution in [0.3, 0.4) is 0 Å². The summed E-state index contributed by atoms with van der Waals surface area (Å²) < 4.78 is 21.2. The number of anilines is 1. The number of nitrogens with two attached hydrogens (primary N) is 1. The molecule has 0 aliphatic carbocycles. The van der Waals surface area contributed by atoms with Crippen LogP contribution in [0.15, 0.2) is 16.6 Å². The fourth-order valence-corrected chi connectivity index (χ4v) is 2.65. The Hall–Kier alpha value is -1.14. The van der Waals surface area contributed by atoms with Crippen molar-refractivity contribution in [2.75, 3.05) is 18.9 Å². The van der Waals surface area contributed by atoms with Gasteiger partial charge in [0.1, 0.15) is 5.82 Å². The summed E-state index contributed by atoms with van der Waals surface area (Å²) in [6.07, 6.45) is 1.01. The van der Waals surface area contributed by atoms with Gasteiger partial charge in [-0.1, -0.05) is 0 Å². The zero-order valence-corrected chi connectivity index (χ0v) is 11.3. The van der Waals surface area contributed by atoms with Gasteiger partial charge in [0.25, 0.3) is 0 Å². The van der Waals surface area contributed by atoms with Crippen LogP contribution in [0.5, 0.6) is 0 Å². The monoisotopic (exact) mass is 313 g/mol. The molecule has 1 aromatic carbocycles. The van der Waals surface area contributed by atoms with E-state index < -0.39 is 0 Å². The van der Waals surface area contributed by atoms with Crippen molar-refractivity contribution in [2.24, 2.45) is 5.92 Å². The summed E-state index contributed by atoms with van der Waals surface area (Å²) in [6.45, 7) is 2.25. The first-order valence-electron chi connectivity index (χ1n) is 5.83. The molecule has 0 radical (unpaired) electrons. The highest BCUT2D eigenvalue weighted by Gasteiger charge is 2.19. The molecule has 1 aliphatic rings. The van der Waals surface area contributed by atoms with Crippen molar-refractivity contribution in [1.82, 2.24) is 9.55 Å². The summed E-state index contributed by atoms with van der Waals surface area (Å²) in [6, 6.07) is 3.13. The molecule has 2 aromatic rings. The first kappa shape index (κ1) is 11.9. The molecule has 0 bridgehead atoms. The average Bonchev–Trinajstić information content (AvgIpc) is 2.92. The molecule has 2 N–H and O–H groups in total. The van der Waals surface area contributed by atoms with E-state index in [2.05, 4.69) is 20.9 Å². The maximum atomic E-state index is 13.6. The van der Waals surface area contributed by atoms with Gasteiger partial charge in [0.15, 0.2) is 0 Å². The summed E-state index contributed by atoms with van der Waals surface area (Å²) in [4.78, 5) is 4.26. The second-order valence-electron chi connectivity index (χ2n) is 4.57. The minimum absolute atomic E-state index is 0.300. The number of imidazole rings is 1. The standard InChI is InChI=1S/C12H13BrFN3O/c13-8-3-10-11(4-9(8)14)17(12(15)16-10)5-7-1-2-18-6-7/h3-4,7H,1-2,5-6H2,(H2,15,16). The number of benzene rings is 1. The van der Waals surface area contributed by atoms with E-state index >= 15 is 0 Å². The Kier molecular flexibility index (Phi) is 2.99. The van der Waals surface area contributed by atoms with Gasteiger partial charge in [-0.3, -0.25) is 0 Å². The van der Waals surface area contributed by atoms with Crippen molar-refractivity contribution in [3.63, 3.8) is 0 Å². The first-order valence-corrected chi connectivity index (χ1v) is 6.63. The van der Waals surface area contributed by atoms with Crippen LogP contribution in [0.2, 0.25) is 0 Å². The molecule has 2 heterocycles.